The van der Waals surface area contributed by atoms with Crippen LogP contribution in [0, 0.1) is 13.8 Å². The molecular weight excluding hydrogens is 212 g/mol. The SMILES string of the molecule is Cc1ccc(-c2noc(C)c2CCl)cn1. The standard InChI is InChI=1S/C11H11ClN2O/c1-7-3-4-9(6-13-7)11-10(5-12)8(2)15-14-11/h3-4,6H,5H2,1-2H3. The van der Waals surface area contributed by atoms with Crippen molar-refractivity contribution in [2.24, 2.45) is 0 Å². The number of aromatic nitrogens is 2. The van der Waals surface area contributed by atoms with Gasteiger partial charge in [-0.2, -0.15) is 0 Å². The third-order valence-corrected chi connectivity index (χ3v) is 2.57. The summed E-state index contributed by atoms with van der Waals surface area (Å²) in [5.74, 6) is 1.17. The Balaban J connectivity index is 2.49. The highest BCUT2D eigenvalue weighted by atomic mass is 35.5. The van der Waals surface area contributed by atoms with Crippen molar-refractivity contribution in [1.82, 2.24) is 10.1 Å². The van der Waals surface area contributed by atoms with Gasteiger partial charge in [-0.1, -0.05) is 5.16 Å². The Bertz CT molecular complexity index is 462. The molecule has 0 spiro atoms. The lowest BCUT2D eigenvalue weighted by molar-refractivity contribution is 0.398. The minimum absolute atomic E-state index is 0.401. The van der Waals surface area contributed by atoms with Gasteiger partial charge in [0.05, 0.1) is 5.88 Å². The van der Waals surface area contributed by atoms with Crippen LogP contribution in [0.4, 0.5) is 0 Å². The van der Waals surface area contributed by atoms with Gasteiger partial charge >= 0.3 is 0 Å². The number of rotatable bonds is 2. The Morgan fingerprint density at radius 1 is 1.33 bits per heavy atom. The highest BCUT2D eigenvalue weighted by Gasteiger charge is 2.13. The second kappa shape index (κ2) is 4.03. The molecule has 2 aromatic heterocycles. The van der Waals surface area contributed by atoms with E-state index in [1.165, 1.54) is 0 Å². The van der Waals surface area contributed by atoms with E-state index >= 15 is 0 Å². The summed E-state index contributed by atoms with van der Waals surface area (Å²) in [4.78, 5) is 4.22. The maximum Gasteiger partial charge on any atom is 0.138 e. The maximum atomic E-state index is 5.84. The smallest absolute Gasteiger partial charge is 0.138 e. The summed E-state index contributed by atoms with van der Waals surface area (Å²) in [7, 11) is 0. The number of halogens is 1. The number of hydrogen-bond donors (Lipinski definition) is 0. The first-order chi connectivity index (χ1) is 7.22. The first-order valence-electron chi connectivity index (χ1n) is 4.66. The van der Waals surface area contributed by atoms with Gasteiger partial charge in [0.15, 0.2) is 0 Å². The van der Waals surface area contributed by atoms with E-state index in [-0.39, 0.29) is 0 Å². The van der Waals surface area contributed by atoms with Crippen LogP contribution in [0.25, 0.3) is 11.3 Å². The van der Waals surface area contributed by atoms with Crippen molar-refractivity contribution in [3.8, 4) is 11.3 Å². The van der Waals surface area contributed by atoms with Crippen LogP contribution in [-0.4, -0.2) is 10.1 Å². The van der Waals surface area contributed by atoms with Gasteiger partial charge in [0.25, 0.3) is 0 Å². The lowest BCUT2D eigenvalue weighted by atomic mass is 10.1. The molecule has 0 fully saturated rings. The van der Waals surface area contributed by atoms with Gasteiger partial charge in [-0.3, -0.25) is 4.98 Å². The molecule has 4 heteroatoms. The average Bonchev–Trinajstić information content (AvgIpc) is 2.61. The second-order valence-electron chi connectivity index (χ2n) is 3.39. The summed E-state index contributed by atoms with van der Waals surface area (Å²) in [6.07, 6.45) is 1.78. The van der Waals surface area contributed by atoms with Crippen molar-refractivity contribution < 1.29 is 4.52 Å². The van der Waals surface area contributed by atoms with E-state index in [9.17, 15) is 0 Å². The molecule has 0 amide bonds. The minimum Gasteiger partial charge on any atom is -0.361 e. The molecule has 2 rings (SSSR count). The number of hydrogen-bond acceptors (Lipinski definition) is 3. The summed E-state index contributed by atoms with van der Waals surface area (Å²) in [5, 5.41) is 3.99. The lowest BCUT2D eigenvalue weighted by Crippen LogP contribution is -1.87. The van der Waals surface area contributed by atoms with Crippen LogP contribution in [0.2, 0.25) is 0 Å². The topological polar surface area (TPSA) is 38.9 Å². The van der Waals surface area contributed by atoms with Crippen LogP contribution in [0.1, 0.15) is 17.0 Å². The molecule has 0 saturated carbocycles. The summed E-state index contributed by atoms with van der Waals surface area (Å²) in [6, 6.07) is 3.91. The van der Waals surface area contributed by atoms with Crippen molar-refractivity contribution in [3.63, 3.8) is 0 Å². The van der Waals surface area contributed by atoms with Crippen LogP contribution in [0.15, 0.2) is 22.9 Å². The Labute approximate surface area is 93.1 Å². The van der Waals surface area contributed by atoms with Crippen molar-refractivity contribution in [1.29, 1.82) is 0 Å². The predicted molar refractivity (Wildman–Crippen MR) is 58.8 cm³/mol. The number of nitrogens with zero attached hydrogens (tertiary/aromatic N) is 2. The van der Waals surface area contributed by atoms with Crippen LogP contribution >= 0.6 is 11.6 Å². The molecule has 0 atom stereocenters. The number of aryl methyl sites for hydroxylation is 2. The average molecular weight is 223 g/mol. The molecule has 0 unspecified atom stereocenters. The van der Waals surface area contributed by atoms with E-state index in [0.29, 0.717) is 5.88 Å². The van der Waals surface area contributed by atoms with Gasteiger partial charge in [-0.25, -0.2) is 0 Å². The van der Waals surface area contributed by atoms with E-state index in [2.05, 4.69) is 10.1 Å². The molecule has 0 aliphatic rings. The molecule has 3 nitrogen and oxygen atoms in total. The summed E-state index contributed by atoms with van der Waals surface area (Å²) < 4.78 is 5.11. The van der Waals surface area contributed by atoms with Crippen LogP contribution in [0.5, 0.6) is 0 Å². The molecule has 0 radical (unpaired) electrons. The van der Waals surface area contributed by atoms with E-state index in [4.69, 9.17) is 16.1 Å². The van der Waals surface area contributed by atoms with Gasteiger partial charge in [-0.15, -0.1) is 11.6 Å². The van der Waals surface area contributed by atoms with Crippen LogP contribution in [-0.2, 0) is 5.88 Å². The summed E-state index contributed by atoms with van der Waals surface area (Å²) in [6.45, 7) is 3.80. The van der Waals surface area contributed by atoms with Gasteiger partial charge < -0.3 is 4.52 Å². The fourth-order valence-electron chi connectivity index (χ4n) is 1.38. The highest BCUT2D eigenvalue weighted by Crippen LogP contribution is 2.25. The van der Waals surface area contributed by atoms with Gasteiger partial charge in [0, 0.05) is 23.0 Å². The fourth-order valence-corrected chi connectivity index (χ4v) is 1.70. The van der Waals surface area contributed by atoms with E-state index in [0.717, 1.165) is 28.3 Å². The molecule has 0 aromatic carbocycles. The zero-order valence-electron chi connectivity index (χ0n) is 8.62. The van der Waals surface area contributed by atoms with Crippen molar-refractivity contribution in [3.05, 3.63) is 35.3 Å². The molecule has 0 aliphatic heterocycles. The Morgan fingerprint density at radius 3 is 2.73 bits per heavy atom. The summed E-state index contributed by atoms with van der Waals surface area (Å²) >= 11 is 5.84. The van der Waals surface area contributed by atoms with E-state index in [1.54, 1.807) is 6.20 Å². The quantitative estimate of drug-likeness (QED) is 0.733. The Morgan fingerprint density at radius 2 is 2.13 bits per heavy atom. The van der Waals surface area contributed by atoms with E-state index < -0.39 is 0 Å². The van der Waals surface area contributed by atoms with Crippen molar-refractivity contribution in [2.45, 2.75) is 19.7 Å². The lowest BCUT2D eigenvalue weighted by Gasteiger charge is -1.98. The molecule has 78 valence electrons. The van der Waals surface area contributed by atoms with Crippen molar-refractivity contribution in [2.75, 3.05) is 0 Å². The molecule has 0 N–H and O–H groups in total. The second-order valence-corrected chi connectivity index (χ2v) is 3.66. The largest absolute Gasteiger partial charge is 0.361 e. The van der Waals surface area contributed by atoms with Gasteiger partial charge in [0.1, 0.15) is 11.5 Å². The molecule has 0 aliphatic carbocycles. The third kappa shape index (κ3) is 1.88. The Hall–Kier alpha value is -1.35. The third-order valence-electron chi connectivity index (χ3n) is 2.30. The van der Waals surface area contributed by atoms with Gasteiger partial charge in [-0.05, 0) is 26.0 Å². The zero-order chi connectivity index (χ0) is 10.8. The first-order valence-corrected chi connectivity index (χ1v) is 5.20. The zero-order valence-corrected chi connectivity index (χ0v) is 9.38. The van der Waals surface area contributed by atoms with E-state index in [1.807, 2.05) is 26.0 Å². The highest BCUT2D eigenvalue weighted by molar-refractivity contribution is 6.17. The molecule has 15 heavy (non-hydrogen) atoms. The minimum atomic E-state index is 0.401. The van der Waals surface area contributed by atoms with Crippen molar-refractivity contribution >= 4 is 11.6 Å². The van der Waals surface area contributed by atoms with Crippen LogP contribution in [0.3, 0.4) is 0 Å². The van der Waals surface area contributed by atoms with Gasteiger partial charge in [0.2, 0.25) is 0 Å². The number of pyridine rings is 1. The normalized spacial score (nSPS) is 10.6. The Kier molecular flexibility index (Phi) is 2.73. The molecule has 0 bridgehead atoms. The molecule has 2 heterocycles. The maximum absolute atomic E-state index is 5.84. The predicted octanol–water partition coefficient (Wildman–Crippen LogP) is 3.09. The fraction of sp³-hybridized carbons (Fsp3) is 0.273. The monoisotopic (exact) mass is 222 g/mol. The molecule has 2 aromatic rings. The summed E-state index contributed by atoms with van der Waals surface area (Å²) in [5.41, 5.74) is 3.64. The molecule has 0 saturated heterocycles. The molecular formula is C11H11ClN2O. The number of alkyl halides is 1. The van der Waals surface area contributed by atoms with Crippen LogP contribution < -0.4 is 0 Å². The first kappa shape index (κ1) is 10.2.